The van der Waals surface area contributed by atoms with E-state index in [1.807, 2.05) is 6.92 Å². The zero-order chi connectivity index (χ0) is 15.4. The van der Waals surface area contributed by atoms with E-state index in [1.54, 1.807) is 12.1 Å². The first-order valence-corrected chi connectivity index (χ1v) is 7.32. The molecule has 1 atom stereocenters. The van der Waals surface area contributed by atoms with Crippen LogP contribution in [0.15, 0.2) is 29.2 Å². The van der Waals surface area contributed by atoms with Crippen molar-refractivity contribution >= 4 is 16.1 Å². The predicted octanol–water partition coefficient (Wildman–Crippen LogP) is 1.01. The molecule has 0 radical (unpaired) electrons. The summed E-state index contributed by atoms with van der Waals surface area (Å²) in [5.74, 6) is -0.647. The van der Waals surface area contributed by atoms with Crippen LogP contribution in [0.3, 0.4) is 0 Å². The Morgan fingerprint density at radius 2 is 1.85 bits per heavy atom. The Morgan fingerprint density at radius 1 is 1.30 bits per heavy atom. The number of esters is 1. The SMILES string of the molecule is COC(=O)C[C@@](C)(O)COS(=O)(=O)c1ccc(C)cc1. The summed E-state index contributed by atoms with van der Waals surface area (Å²) < 4.78 is 33.0. The first-order valence-electron chi connectivity index (χ1n) is 5.91. The fraction of sp³-hybridized carbons (Fsp3) is 0.462. The molecule has 6 nitrogen and oxygen atoms in total. The van der Waals surface area contributed by atoms with Gasteiger partial charge in [0.2, 0.25) is 0 Å². The third-order valence-electron chi connectivity index (χ3n) is 2.59. The first-order chi connectivity index (χ1) is 9.16. The van der Waals surface area contributed by atoms with Crippen molar-refractivity contribution in [3.05, 3.63) is 29.8 Å². The largest absolute Gasteiger partial charge is 0.469 e. The van der Waals surface area contributed by atoms with Crippen LogP contribution in [-0.2, 0) is 23.8 Å². The molecule has 0 saturated heterocycles. The number of carbonyl (C=O) groups is 1. The zero-order valence-electron chi connectivity index (χ0n) is 11.6. The van der Waals surface area contributed by atoms with Crippen molar-refractivity contribution < 1.29 is 27.2 Å². The van der Waals surface area contributed by atoms with Crippen LogP contribution in [0.25, 0.3) is 0 Å². The van der Waals surface area contributed by atoms with Gasteiger partial charge in [-0.05, 0) is 26.0 Å². The van der Waals surface area contributed by atoms with Gasteiger partial charge in [-0.25, -0.2) is 0 Å². The van der Waals surface area contributed by atoms with Crippen LogP contribution in [0.1, 0.15) is 18.9 Å². The average Bonchev–Trinajstić information content (AvgIpc) is 2.37. The maximum atomic E-state index is 11.9. The van der Waals surface area contributed by atoms with Crippen molar-refractivity contribution in [2.75, 3.05) is 13.7 Å². The second-order valence-electron chi connectivity index (χ2n) is 4.78. The van der Waals surface area contributed by atoms with Crippen LogP contribution in [0.2, 0.25) is 0 Å². The van der Waals surface area contributed by atoms with Crippen LogP contribution in [0.4, 0.5) is 0 Å². The molecule has 1 N–H and O–H groups in total. The topological polar surface area (TPSA) is 89.9 Å². The van der Waals surface area contributed by atoms with E-state index in [1.165, 1.54) is 26.2 Å². The molecule has 0 aliphatic rings. The van der Waals surface area contributed by atoms with E-state index in [0.717, 1.165) is 5.56 Å². The lowest BCUT2D eigenvalue weighted by Crippen LogP contribution is -2.35. The molecular weight excluding hydrogens is 284 g/mol. The number of methoxy groups -OCH3 is 1. The van der Waals surface area contributed by atoms with Crippen molar-refractivity contribution in [1.82, 2.24) is 0 Å². The van der Waals surface area contributed by atoms with Gasteiger partial charge in [-0.3, -0.25) is 8.98 Å². The van der Waals surface area contributed by atoms with Crippen molar-refractivity contribution in [3.63, 3.8) is 0 Å². The number of hydrogen-bond acceptors (Lipinski definition) is 6. The van der Waals surface area contributed by atoms with E-state index in [4.69, 9.17) is 4.18 Å². The standard InChI is InChI=1S/C13H18O6S/c1-10-4-6-11(7-5-10)20(16,17)19-9-13(2,15)8-12(14)18-3/h4-7,15H,8-9H2,1-3H3/t13-/m1/s1. The molecule has 1 aromatic carbocycles. The monoisotopic (exact) mass is 302 g/mol. The lowest BCUT2D eigenvalue weighted by Gasteiger charge is -2.21. The number of aryl methyl sites for hydroxylation is 1. The third-order valence-corrected chi connectivity index (χ3v) is 3.87. The third kappa shape index (κ3) is 4.92. The van der Waals surface area contributed by atoms with Gasteiger partial charge >= 0.3 is 5.97 Å². The van der Waals surface area contributed by atoms with Crippen molar-refractivity contribution in [2.24, 2.45) is 0 Å². The Labute approximate surface area is 118 Å². The van der Waals surface area contributed by atoms with Gasteiger partial charge in [0, 0.05) is 0 Å². The molecule has 0 aliphatic carbocycles. The lowest BCUT2D eigenvalue weighted by molar-refractivity contribution is -0.146. The Morgan fingerprint density at radius 3 is 2.35 bits per heavy atom. The molecule has 0 heterocycles. The summed E-state index contributed by atoms with van der Waals surface area (Å²) >= 11 is 0. The van der Waals surface area contributed by atoms with E-state index in [9.17, 15) is 18.3 Å². The van der Waals surface area contributed by atoms with E-state index >= 15 is 0 Å². The van der Waals surface area contributed by atoms with Crippen molar-refractivity contribution in [3.8, 4) is 0 Å². The van der Waals surface area contributed by atoms with Crippen molar-refractivity contribution in [2.45, 2.75) is 30.8 Å². The van der Waals surface area contributed by atoms with E-state index in [-0.39, 0.29) is 11.3 Å². The molecule has 0 bridgehead atoms. The molecule has 0 spiro atoms. The van der Waals surface area contributed by atoms with Gasteiger partial charge in [-0.1, -0.05) is 17.7 Å². The quantitative estimate of drug-likeness (QED) is 0.623. The van der Waals surface area contributed by atoms with Gasteiger partial charge in [0.05, 0.1) is 30.6 Å². The Bertz CT molecular complexity index is 559. The average molecular weight is 302 g/mol. The summed E-state index contributed by atoms with van der Waals surface area (Å²) in [6.07, 6.45) is -0.354. The summed E-state index contributed by atoms with van der Waals surface area (Å²) in [5, 5.41) is 9.88. The highest BCUT2D eigenvalue weighted by Gasteiger charge is 2.28. The number of rotatable bonds is 6. The second-order valence-corrected chi connectivity index (χ2v) is 6.39. The molecule has 0 aromatic heterocycles. The van der Waals surface area contributed by atoms with Gasteiger partial charge in [-0.15, -0.1) is 0 Å². The molecule has 0 unspecified atom stereocenters. The Kier molecular flexibility index (Phi) is 5.27. The number of hydrogen-bond donors (Lipinski definition) is 1. The van der Waals surface area contributed by atoms with Crippen molar-refractivity contribution in [1.29, 1.82) is 0 Å². The normalized spacial score (nSPS) is 14.6. The lowest BCUT2D eigenvalue weighted by atomic mass is 10.0. The van der Waals surface area contributed by atoms with E-state index in [2.05, 4.69) is 4.74 Å². The minimum atomic E-state index is -3.96. The van der Waals surface area contributed by atoms with Crippen LogP contribution < -0.4 is 0 Å². The summed E-state index contributed by atoms with van der Waals surface area (Å²) in [4.78, 5) is 11.1. The number of aliphatic hydroxyl groups is 1. The van der Waals surface area contributed by atoms with Crippen LogP contribution in [0, 0.1) is 6.92 Å². The molecule has 0 fully saturated rings. The van der Waals surface area contributed by atoms with Gasteiger partial charge in [0.15, 0.2) is 0 Å². The highest BCUT2D eigenvalue weighted by molar-refractivity contribution is 7.86. The molecule has 20 heavy (non-hydrogen) atoms. The minimum Gasteiger partial charge on any atom is -0.469 e. The van der Waals surface area contributed by atoms with Crippen LogP contribution in [0.5, 0.6) is 0 Å². The Hall–Kier alpha value is -1.44. The molecule has 0 amide bonds. The molecule has 1 aromatic rings. The fourth-order valence-corrected chi connectivity index (χ4v) is 2.43. The fourth-order valence-electron chi connectivity index (χ4n) is 1.41. The van der Waals surface area contributed by atoms with Gasteiger partial charge in [0.25, 0.3) is 10.1 Å². The molecule has 112 valence electrons. The first kappa shape index (κ1) is 16.6. The highest BCUT2D eigenvalue weighted by Crippen LogP contribution is 2.17. The molecule has 7 heteroatoms. The Balaban J connectivity index is 2.72. The number of carbonyl (C=O) groups excluding carboxylic acids is 1. The number of benzene rings is 1. The molecule has 1 rings (SSSR count). The summed E-state index contributed by atoms with van der Waals surface area (Å²) in [5.41, 5.74) is -0.702. The maximum absolute atomic E-state index is 11.9. The van der Waals surface area contributed by atoms with Gasteiger partial charge in [-0.2, -0.15) is 8.42 Å². The molecular formula is C13H18O6S. The zero-order valence-corrected chi connectivity index (χ0v) is 12.4. The summed E-state index contributed by atoms with van der Waals surface area (Å²) in [6.45, 7) is 2.60. The minimum absolute atomic E-state index is 0.00281. The second kappa shape index (κ2) is 6.34. The van der Waals surface area contributed by atoms with Crippen LogP contribution >= 0.6 is 0 Å². The molecule has 0 aliphatic heterocycles. The summed E-state index contributed by atoms with van der Waals surface area (Å²) in [6, 6.07) is 6.12. The summed E-state index contributed by atoms with van der Waals surface area (Å²) in [7, 11) is -2.78. The number of ether oxygens (including phenoxy) is 1. The highest BCUT2D eigenvalue weighted by atomic mass is 32.2. The maximum Gasteiger partial charge on any atom is 0.308 e. The molecule has 0 saturated carbocycles. The predicted molar refractivity (Wildman–Crippen MR) is 71.6 cm³/mol. The van der Waals surface area contributed by atoms with Gasteiger partial charge in [0.1, 0.15) is 0 Å². The smallest absolute Gasteiger partial charge is 0.308 e. The van der Waals surface area contributed by atoms with Gasteiger partial charge < -0.3 is 9.84 Å². The van der Waals surface area contributed by atoms with E-state index in [0.29, 0.717) is 0 Å². The van der Waals surface area contributed by atoms with E-state index < -0.39 is 28.3 Å². The van der Waals surface area contributed by atoms with Crippen LogP contribution in [-0.4, -0.2) is 38.8 Å².